The molecule has 2 rings (SSSR count). The SMILES string of the molecule is CNc1ncc(CO)c(NC2CC2)n1. The summed E-state index contributed by atoms with van der Waals surface area (Å²) in [7, 11) is 1.77. The van der Waals surface area contributed by atoms with E-state index in [9.17, 15) is 0 Å². The van der Waals surface area contributed by atoms with Crippen LogP contribution in [0.4, 0.5) is 11.8 Å². The summed E-state index contributed by atoms with van der Waals surface area (Å²) in [6.45, 7) is -0.0287. The van der Waals surface area contributed by atoms with Gasteiger partial charge in [-0.15, -0.1) is 0 Å². The maximum Gasteiger partial charge on any atom is 0.224 e. The first-order valence-corrected chi connectivity index (χ1v) is 4.74. The zero-order chi connectivity index (χ0) is 9.97. The van der Waals surface area contributed by atoms with E-state index in [-0.39, 0.29) is 6.61 Å². The van der Waals surface area contributed by atoms with Gasteiger partial charge in [-0.3, -0.25) is 0 Å². The van der Waals surface area contributed by atoms with Crippen molar-refractivity contribution in [2.45, 2.75) is 25.5 Å². The van der Waals surface area contributed by atoms with Crippen LogP contribution in [0.3, 0.4) is 0 Å². The number of nitrogens with zero attached hydrogens (tertiary/aromatic N) is 2. The Hall–Kier alpha value is -1.36. The Bertz CT molecular complexity index is 325. The molecule has 0 aliphatic heterocycles. The molecule has 1 saturated carbocycles. The summed E-state index contributed by atoms with van der Waals surface area (Å²) in [5.74, 6) is 1.32. The molecule has 1 heterocycles. The minimum Gasteiger partial charge on any atom is -0.391 e. The normalized spacial score (nSPS) is 15.3. The van der Waals surface area contributed by atoms with Gasteiger partial charge in [0.1, 0.15) is 5.82 Å². The van der Waals surface area contributed by atoms with Crippen molar-refractivity contribution in [1.82, 2.24) is 9.97 Å². The molecule has 1 aromatic heterocycles. The van der Waals surface area contributed by atoms with Crippen LogP contribution in [0, 0.1) is 0 Å². The minimum absolute atomic E-state index is 0.0287. The molecule has 1 aliphatic rings. The van der Waals surface area contributed by atoms with Gasteiger partial charge in [0, 0.05) is 24.8 Å². The molecule has 0 unspecified atom stereocenters. The van der Waals surface area contributed by atoms with Gasteiger partial charge in [0.25, 0.3) is 0 Å². The summed E-state index contributed by atoms with van der Waals surface area (Å²) < 4.78 is 0. The van der Waals surface area contributed by atoms with E-state index in [1.807, 2.05) is 0 Å². The monoisotopic (exact) mass is 194 g/mol. The summed E-state index contributed by atoms with van der Waals surface area (Å²) in [6.07, 6.45) is 4.01. The number of aliphatic hydroxyl groups is 1. The van der Waals surface area contributed by atoms with Crippen molar-refractivity contribution >= 4 is 11.8 Å². The Morgan fingerprint density at radius 2 is 2.36 bits per heavy atom. The van der Waals surface area contributed by atoms with Crippen molar-refractivity contribution in [3.05, 3.63) is 11.8 Å². The van der Waals surface area contributed by atoms with Crippen LogP contribution in [0.2, 0.25) is 0 Å². The van der Waals surface area contributed by atoms with Crippen molar-refractivity contribution in [2.75, 3.05) is 17.7 Å². The van der Waals surface area contributed by atoms with Gasteiger partial charge in [0.2, 0.25) is 5.95 Å². The summed E-state index contributed by atoms with van der Waals surface area (Å²) in [5.41, 5.74) is 0.746. The van der Waals surface area contributed by atoms with Crippen LogP contribution in [0.25, 0.3) is 0 Å². The molecule has 0 radical (unpaired) electrons. The van der Waals surface area contributed by atoms with Crippen molar-refractivity contribution in [1.29, 1.82) is 0 Å². The molecular formula is C9H14N4O. The third-order valence-electron chi connectivity index (χ3n) is 2.18. The Balaban J connectivity index is 2.21. The highest BCUT2D eigenvalue weighted by atomic mass is 16.3. The first-order chi connectivity index (χ1) is 6.83. The van der Waals surface area contributed by atoms with Crippen LogP contribution in [0.5, 0.6) is 0 Å². The van der Waals surface area contributed by atoms with E-state index < -0.39 is 0 Å². The molecule has 5 nitrogen and oxygen atoms in total. The van der Waals surface area contributed by atoms with E-state index in [0.717, 1.165) is 11.4 Å². The van der Waals surface area contributed by atoms with Gasteiger partial charge in [0.15, 0.2) is 0 Å². The zero-order valence-electron chi connectivity index (χ0n) is 8.12. The Labute approximate surface area is 82.6 Å². The van der Waals surface area contributed by atoms with Crippen LogP contribution in [0.1, 0.15) is 18.4 Å². The average Bonchev–Trinajstić information content (AvgIpc) is 3.01. The van der Waals surface area contributed by atoms with Crippen LogP contribution in [-0.2, 0) is 6.61 Å². The number of hydrogen-bond donors (Lipinski definition) is 3. The summed E-state index contributed by atoms with van der Waals surface area (Å²) in [6, 6.07) is 0.528. The maximum atomic E-state index is 9.07. The van der Waals surface area contributed by atoms with E-state index >= 15 is 0 Å². The van der Waals surface area contributed by atoms with Crippen LogP contribution in [0.15, 0.2) is 6.20 Å². The standard InChI is InChI=1S/C9H14N4O/c1-10-9-11-4-6(5-14)8(13-9)12-7-2-3-7/h4,7,14H,2-3,5H2,1H3,(H2,10,11,12,13). The molecule has 0 saturated heterocycles. The lowest BCUT2D eigenvalue weighted by Gasteiger charge is -2.09. The van der Waals surface area contributed by atoms with Gasteiger partial charge in [-0.25, -0.2) is 4.98 Å². The van der Waals surface area contributed by atoms with Gasteiger partial charge in [0.05, 0.1) is 6.61 Å². The highest BCUT2D eigenvalue weighted by Gasteiger charge is 2.22. The molecular weight excluding hydrogens is 180 g/mol. The van der Waals surface area contributed by atoms with E-state index in [4.69, 9.17) is 5.11 Å². The first-order valence-electron chi connectivity index (χ1n) is 4.74. The van der Waals surface area contributed by atoms with E-state index in [0.29, 0.717) is 12.0 Å². The highest BCUT2D eigenvalue weighted by Crippen LogP contribution is 2.25. The van der Waals surface area contributed by atoms with Crippen molar-refractivity contribution < 1.29 is 5.11 Å². The molecule has 1 aromatic rings. The second-order valence-electron chi connectivity index (χ2n) is 3.39. The van der Waals surface area contributed by atoms with E-state index in [1.54, 1.807) is 13.2 Å². The fraction of sp³-hybridized carbons (Fsp3) is 0.556. The van der Waals surface area contributed by atoms with Crippen molar-refractivity contribution in [2.24, 2.45) is 0 Å². The average molecular weight is 194 g/mol. The van der Waals surface area contributed by atoms with Crippen molar-refractivity contribution in [3.8, 4) is 0 Å². The number of nitrogens with one attached hydrogen (secondary N) is 2. The fourth-order valence-electron chi connectivity index (χ4n) is 1.19. The van der Waals surface area contributed by atoms with E-state index in [1.165, 1.54) is 12.8 Å². The smallest absolute Gasteiger partial charge is 0.224 e. The second kappa shape index (κ2) is 3.79. The van der Waals surface area contributed by atoms with Crippen molar-refractivity contribution in [3.63, 3.8) is 0 Å². The summed E-state index contributed by atoms with van der Waals surface area (Å²) in [5, 5.41) is 15.2. The third-order valence-corrected chi connectivity index (χ3v) is 2.18. The molecule has 14 heavy (non-hydrogen) atoms. The largest absolute Gasteiger partial charge is 0.391 e. The Morgan fingerprint density at radius 3 is 2.93 bits per heavy atom. The molecule has 3 N–H and O–H groups in total. The van der Waals surface area contributed by atoms with Crippen LogP contribution >= 0.6 is 0 Å². The predicted octanol–water partition coefficient (Wildman–Crippen LogP) is 0.585. The number of aromatic nitrogens is 2. The number of aliphatic hydroxyl groups excluding tert-OH is 1. The Kier molecular flexibility index (Phi) is 2.49. The predicted molar refractivity (Wildman–Crippen MR) is 54.1 cm³/mol. The molecule has 0 bridgehead atoms. The van der Waals surface area contributed by atoms with Gasteiger partial charge in [-0.2, -0.15) is 4.98 Å². The first kappa shape index (κ1) is 9.21. The minimum atomic E-state index is -0.0287. The summed E-state index contributed by atoms with van der Waals surface area (Å²) in [4.78, 5) is 8.28. The third kappa shape index (κ3) is 1.93. The molecule has 76 valence electrons. The lowest BCUT2D eigenvalue weighted by atomic mass is 10.3. The topological polar surface area (TPSA) is 70.1 Å². The molecule has 1 fully saturated rings. The van der Waals surface area contributed by atoms with Gasteiger partial charge < -0.3 is 15.7 Å². The fourth-order valence-corrected chi connectivity index (χ4v) is 1.19. The van der Waals surface area contributed by atoms with Gasteiger partial charge in [-0.05, 0) is 12.8 Å². The lowest BCUT2D eigenvalue weighted by molar-refractivity contribution is 0.281. The lowest BCUT2D eigenvalue weighted by Crippen LogP contribution is -2.09. The van der Waals surface area contributed by atoms with Crippen LogP contribution in [-0.4, -0.2) is 28.2 Å². The quantitative estimate of drug-likeness (QED) is 0.654. The molecule has 1 aliphatic carbocycles. The molecule has 0 aromatic carbocycles. The van der Waals surface area contributed by atoms with Crippen LogP contribution < -0.4 is 10.6 Å². The van der Waals surface area contributed by atoms with Gasteiger partial charge in [-0.1, -0.05) is 0 Å². The Morgan fingerprint density at radius 1 is 1.57 bits per heavy atom. The van der Waals surface area contributed by atoms with E-state index in [2.05, 4.69) is 20.6 Å². The zero-order valence-corrected chi connectivity index (χ0v) is 8.12. The number of anilines is 2. The number of hydrogen-bond acceptors (Lipinski definition) is 5. The maximum absolute atomic E-state index is 9.07. The molecule has 0 atom stereocenters. The molecule has 0 amide bonds. The number of rotatable bonds is 4. The molecule has 5 heteroatoms. The highest BCUT2D eigenvalue weighted by molar-refractivity contribution is 5.48. The van der Waals surface area contributed by atoms with Gasteiger partial charge >= 0.3 is 0 Å². The molecule has 0 spiro atoms. The second-order valence-corrected chi connectivity index (χ2v) is 3.39. The summed E-state index contributed by atoms with van der Waals surface area (Å²) >= 11 is 0.